The number of rotatable bonds is 7. The highest BCUT2D eigenvalue weighted by molar-refractivity contribution is 9.10. The number of aromatic carboxylic acids is 1. The number of sulfonamides is 1. The SMILES string of the molecule is CCCC#CCOc1ccc(S(=O)(=O)N(C)c2c(C)cc(Br)cc2C(=O)O)cc1. The van der Waals surface area contributed by atoms with Crippen LogP contribution in [0.25, 0.3) is 0 Å². The molecule has 0 fully saturated rings. The largest absolute Gasteiger partial charge is 0.481 e. The van der Waals surface area contributed by atoms with Gasteiger partial charge in [0.2, 0.25) is 0 Å². The fourth-order valence-corrected chi connectivity index (χ4v) is 4.54. The standard InChI is InChI=1S/C21H22BrNO5S/c1-4-5-6-7-12-28-17-8-10-18(11-9-17)29(26,27)23(3)20-15(2)13-16(22)14-19(20)21(24)25/h8-11,13-14H,4-5,12H2,1-3H3,(H,24,25). The molecule has 0 aliphatic carbocycles. The molecule has 0 amide bonds. The molecule has 0 bridgehead atoms. The van der Waals surface area contributed by atoms with E-state index < -0.39 is 16.0 Å². The van der Waals surface area contributed by atoms with Crippen molar-refractivity contribution in [3.8, 4) is 17.6 Å². The van der Waals surface area contributed by atoms with Gasteiger partial charge in [-0.1, -0.05) is 34.7 Å². The number of hydrogen-bond donors (Lipinski definition) is 1. The van der Waals surface area contributed by atoms with Crippen molar-refractivity contribution in [2.45, 2.75) is 31.6 Å². The van der Waals surface area contributed by atoms with E-state index in [-0.39, 0.29) is 22.8 Å². The molecule has 0 aliphatic rings. The van der Waals surface area contributed by atoms with Gasteiger partial charge < -0.3 is 9.84 Å². The van der Waals surface area contributed by atoms with Gasteiger partial charge in [-0.3, -0.25) is 4.31 Å². The topological polar surface area (TPSA) is 83.9 Å². The number of carboxylic acids is 1. The quantitative estimate of drug-likeness (QED) is 0.592. The molecular weight excluding hydrogens is 458 g/mol. The summed E-state index contributed by atoms with van der Waals surface area (Å²) in [5.74, 6) is 5.15. The van der Waals surface area contributed by atoms with Gasteiger partial charge in [-0.05, 0) is 55.3 Å². The molecular formula is C21H22BrNO5S. The zero-order valence-electron chi connectivity index (χ0n) is 16.4. The van der Waals surface area contributed by atoms with E-state index in [1.165, 1.54) is 25.2 Å². The molecule has 29 heavy (non-hydrogen) atoms. The lowest BCUT2D eigenvalue weighted by molar-refractivity contribution is 0.0697. The van der Waals surface area contributed by atoms with Gasteiger partial charge in [-0.15, -0.1) is 0 Å². The number of carbonyl (C=O) groups is 1. The summed E-state index contributed by atoms with van der Waals surface area (Å²) >= 11 is 3.25. The van der Waals surface area contributed by atoms with Crippen molar-refractivity contribution >= 4 is 37.6 Å². The maximum absolute atomic E-state index is 13.0. The van der Waals surface area contributed by atoms with Crippen molar-refractivity contribution in [1.82, 2.24) is 0 Å². The van der Waals surface area contributed by atoms with Crippen LogP contribution in [0.4, 0.5) is 5.69 Å². The molecule has 8 heteroatoms. The lowest BCUT2D eigenvalue weighted by Crippen LogP contribution is -2.29. The first-order valence-corrected chi connectivity index (χ1v) is 11.1. The highest BCUT2D eigenvalue weighted by Crippen LogP contribution is 2.32. The molecule has 0 saturated carbocycles. The molecule has 154 valence electrons. The van der Waals surface area contributed by atoms with Crippen LogP contribution in [0, 0.1) is 18.8 Å². The minimum Gasteiger partial charge on any atom is -0.481 e. The van der Waals surface area contributed by atoms with Crippen molar-refractivity contribution in [1.29, 1.82) is 0 Å². The summed E-state index contributed by atoms with van der Waals surface area (Å²) in [4.78, 5) is 11.7. The molecule has 0 unspecified atom stereocenters. The predicted octanol–water partition coefficient (Wildman–Crippen LogP) is 4.46. The lowest BCUT2D eigenvalue weighted by Gasteiger charge is -2.23. The predicted molar refractivity (Wildman–Crippen MR) is 116 cm³/mol. The number of benzene rings is 2. The summed E-state index contributed by atoms with van der Waals surface area (Å²) in [6.45, 7) is 3.93. The maximum atomic E-state index is 13.0. The van der Waals surface area contributed by atoms with Crippen molar-refractivity contribution < 1.29 is 23.1 Å². The fraction of sp³-hybridized carbons (Fsp3) is 0.286. The summed E-state index contributed by atoms with van der Waals surface area (Å²) in [6, 6.07) is 9.01. The molecule has 0 radical (unpaired) electrons. The van der Waals surface area contributed by atoms with E-state index >= 15 is 0 Å². The maximum Gasteiger partial charge on any atom is 0.337 e. The Hall–Kier alpha value is -2.50. The van der Waals surface area contributed by atoms with Gasteiger partial charge in [-0.25, -0.2) is 13.2 Å². The number of nitrogens with zero attached hydrogens (tertiary/aromatic N) is 1. The number of carboxylic acid groups (broad SMARTS) is 1. The van der Waals surface area contributed by atoms with E-state index in [0.29, 0.717) is 15.8 Å². The lowest BCUT2D eigenvalue weighted by atomic mass is 10.1. The molecule has 0 aliphatic heterocycles. The Balaban J connectivity index is 2.30. The van der Waals surface area contributed by atoms with Crippen LogP contribution in [0.1, 0.15) is 35.7 Å². The second kappa shape index (κ2) is 9.81. The Bertz CT molecular complexity index is 1050. The molecule has 0 atom stereocenters. The van der Waals surface area contributed by atoms with E-state index in [4.69, 9.17) is 4.74 Å². The number of hydrogen-bond acceptors (Lipinski definition) is 4. The van der Waals surface area contributed by atoms with Crippen molar-refractivity contribution in [3.05, 3.63) is 52.0 Å². The second-order valence-corrected chi connectivity index (χ2v) is 9.15. The normalized spacial score (nSPS) is 10.8. The van der Waals surface area contributed by atoms with Crippen molar-refractivity contribution in [3.63, 3.8) is 0 Å². The van der Waals surface area contributed by atoms with E-state index in [0.717, 1.165) is 17.1 Å². The van der Waals surface area contributed by atoms with Crippen LogP contribution in [0.2, 0.25) is 0 Å². The zero-order valence-corrected chi connectivity index (χ0v) is 18.8. The smallest absolute Gasteiger partial charge is 0.337 e. The van der Waals surface area contributed by atoms with Gasteiger partial charge in [0.1, 0.15) is 12.4 Å². The van der Waals surface area contributed by atoms with Crippen LogP contribution in [-0.4, -0.2) is 33.1 Å². The van der Waals surface area contributed by atoms with Gasteiger partial charge >= 0.3 is 5.97 Å². The molecule has 0 aromatic heterocycles. The van der Waals surface area contributed by atoms with Gasteiger partial charge in [0.15, 0.2) is 0 Å². The third kappa shape index (κ3) is 5.52. The Morgan fingerprint density at radius 2 is 1.86 bits per heavy atom. The number of halogens is 1. The Morgan fingerprint density at radius 1 is 1.21 bits per heavy atom. The second-order valence-electron chi connectivity index (χ2n) is 6.26. The number of anilines is 1. The molecule has 0 saturated heterocycles. The van der Waals surface area contributed by atoms with Gasteiger partial charge in [-0.2, -0.15) is 0 Å². The summed E-state index contributed by atoms with van der Waals surface area (Å²) in [6.07, 6.45) is 1.79. The van der Waals surface area contributed by atoms with Crippen LogP contribution in [-0.2, 0) is 10.0 Å². The average molecular weight is 480 g/mol. The number of unbranched alkanes of at least 4 members (excludes halogenated alkanes) is 1. The fourth-order valence-electron chi connectivity index (χ4n) is 2.69. The number of ether oxygens (including phenoxy) is 1. The Morgan fingerprint density at radius 3 is 2.45 bits per heavy atom. The minimum absolute atomic E-state index is 0.0306. The van der Waals surface area contributed by atoms with Crippen LogP contribution in [0.15, 0.2) is 45.8 Å². The van der Waals surface area contributed by atoms with Crippen LogP contribution >= 0.6 is 15.9 Å². The zero-order chi connectivity index (χ0) is 21.6. The Labute approximate surface area is 179 Å². The highest BCUT2D eigenvalue weighted by atomic mass is 79.9. The molecule has 2 rings (SSSR count). The van der Waals surface area contributed by atoms with Gasteiger partial charge in [0.25, 0.3) is 10.0 Å². The van der Waals surface area contributed by atoms with Crippen LogP contribution in [0.3, 0.4) is 0 Å². The first-order valence-electron chi connectivity index (χ1n) is 8.89. The average Bonchev–Trinajstić information content (AvgIpc) is 2.67. The molecule has 2 aromatic carbocycles. The first-order chi connectivity index (χ1) is 13.7. The molecule has 2 aromatic rings. The molecule has 1 N–H and O–H groups in total. The van der Waals surface area contributed by atoms with E-state index in [2.05, 4.69) is 27.8 Å². The van der Waals surface area contributed by atoms with E-state index in [9.17, 15) is 18.3 Å². The van der Waals surface area contributed by atoms with Gasteiger partial charge in [0, 0.05) is 17.9 Å². The molecule has 0 spiro atoms. The van der Waals surface area contributed by atoms with Crippen molar-refractivity contribution in [2.75, 3.05) is 18.0 Å². The molecule has 0 heterocycles. The summed E-state index contributed by atoms with van der Waals surface area (Å²) in [7, 11) is -2.62. The monoisotopic (exact) mass is 479 g/mol. The van der Waals surface area contributed by atoms with Gasteiger partial charge in [0.05, 0.1) is 16.1 Å². The summed E-state index contributed by atoms with van der Waals surface area (Å²) in [5, 5.41) is 9.50. The van der Waals surface area contributed by atoms with Crippen LogP contribution < -0.4 is 9.04 Å². The molecule has 6 nitrogen and oxygen atoms in total. The first kappa shape index (κ1) is 22.8. The summed E-state index contributed by atoms with van der Waals surface area (Å²) < 4.78 is 33.1. The Kier molecular flexibility index (Phi) is 7.71. The third-order valence-corrected chi connectivity index (χ3v) is 6.33. The number of aryl methyl sites for hydroxylation is 1. The summed E-state index contributed by atoms with van der Waals surface area (Å²) in [5.41, 5.74) is 0.536. The third-order valence-electron chi connectivity index (χ3n) is 4.10. The highest BCUT2D eigenvalue weighted by Gasteiger charge is 2.27. The van der Waals surface area contributed by atoms with Crippen molar-refractivity contribution in [2.24, 2.45) is 0 Å². The minimum atomic E-state index is -3.96. The van der Waals surface area contributed by atoms with Crippen LogP contribution in [0.5, 0.6) is 5.75 Å². The van der Waals surface area contributed by atoms with E-state index in [1.807, 2.05) is 6.92 Å². The van der Waals surface area contributed by atoms with E-state index in [1.54, 1.807) is 25.1 Å².